The molecule has 0 atom stereocenters. The number of alkyl carbamates (subject to hydrolysis) is 1. The summed E-state index contributed by atoms with van der Waals surface area (Å²) in [5, 5.41) is 4.52. The predicted octanol–water partition coefficient (Wildman–Crippen LogP) is 5.04. The van der Waals surface area contributed by atoms with Crippen molar-refractivity contribution in [1.82, 2.24) is 5.32 Å². The number of carbonyl (C=O) groups is 2. The topological polar surface area (TPSA) is 64.6 Å². The number of methoxy groups -OCH3 is 1. The third kappa shape index (κ3) is 4.78. The SMILES string of the molecule is COC(=O)/C(=C/c1ccc2ccccc2c1Br)NC(=O)OCc1ccccc1. The average Bonchev–Trinajstić information content (AvgIpc) is 2.74. The fourth-order valence-corrected chi connectivity index (χ4v) is 3.25. The van der Waals surface area contributed by atoms with Crippen LogP contribution in [-0.2, 0) is 20.9 Å². The number of nitrogens with one attached hydrogen (secondary N) is 1. The number of carbonyl (C=O) groups excluding carboxylic acids is 2. The van der Waals surface area contributed by atoms with Crippen molar-refractivity contribution in [2.75, 3.05) is 7.11 Å². The number of rotatable bonds is 5. The second-order valence-corrected chi connectivity index (χ2v) is 6.72. The lowest BCUT2D eigenvalue weighted by atomic mass is 10.1. The first-order valence-corrected chi connectivity index (χ1v) is 9.33. The highest BCUT2D eigenvalue weighted by atomic mass is 79.9. The van der Waals surface area contributed by atoms with Gasteiger partial charge in [-0.3, -0.25) is 5.32 Å². The Morgan fingerprint density at radius 3 is 2.46 bits per heavy atom. The number of hydrogen-bond acceptors (Lipinski definition) is 4. The first-order valence-electron chi connectivity index (χ1n) is 8.53. The van der Waals surface area contributed by atoms with E-state index in [2.05, 4.69) is 21.2 Å². The molecule has 3 rings (SSSR count). The first kappa shape index (κ1) is 19.6. The van der Waals surface area contributed by atoms with Gasteiger partial charge in [0.25, 0.3) is 0 Å². The van der Waals surface area contributed by atoms with Crippen LogP contribution in [0.15, 0.2) is 76.9 Å². The van der Waals surface area contributed by atoms with E-state index in [1.54, 1.807) is 6.08 Å². The van der Waals surface area contributed by atoms with Crippen molar-refractivity contribution in [2.45, 2.75) is 6.61 Å². The third-order valence-corrected chi connectivity index (χ3v) is 4.93. The third-order valence-electron chi connectivity index (χ3n) is 4.05. The highest BCUT2D eigenvalue weighted by Crippen LogP contribution is 2.29. The molecule has 5 nitrogen and oxygen atoms in total. The zero-order valence-electron chi connectivity index (χ0n) is 15.1. The summed E-state index contributed by atoms with van der Waals surface area (Å²) < 4.78 is 10.8. The molecule has 6 heteroatoms. The van der Waals surface area contributed by atoms with Gasteiger partial charge >= 0.3 is 12.1 Å². The minimum atomic E-state index is -0.739. The normalized spacial score (nSPS) is 11.1. The number of hydrogen-bond donors (Lipinski definition) is 1. The molecule has 0 fully saturated rings. The van der Waals surface area contributed by atoms with Crippen LogP contribution in [0.1, 0.15) is 11.1 Å². The lowest BCUT2D eigenvalue weighted by Gasteiger charge is -2.10. The smallest absolute Gasteiger partial charge is 0.412 e. The van der Waals surface area contributed by atoms with Crippen molar-refractivity contribution in [3.05, 3.63) is 88.0 Å². The Hall–Kier alpha value is -3.12. The second kappa shape index (κ2) is 9.19. The zero-order chi connectivity index (χ0) is 19.9. The molecule has 0 saturated heterocycles. The molecule has 0 aliphatic carbocycles. The van der Waals surface area contributed by atoms with Gasteiger partial charge in [-0.1, -0.05) is 66.7 Å². The largest absolute Gasteiger partial charge is 0.464 e. The van der Waals surface area contributed by atoms with E-state index in [1.807, 2.05) is 66.7 Å². The molecule has 0 radical (unpaired) electrons. The molecule has 142 valence electrons. The summed E-state index contributed by atoms with van der Waals surface area (Å²) in [6, 6.07) is 20.9. The predicted molar refractivity (Wildman–Crippen MR) is 111 cm³/mol. The van der Waals surface area contributed by atoms with Crippen molar-refractivity contribution in [1.29, 1.82) is 0 Å². The molecular formula is C22H18BrNO4. The average molecular weight is 440 g/mol. The Bertz CT molecular complexity index is 1030. The van der Waals surface area contributed by atoms with Crippen LogP contribution < -0.4 is 5.32 Å². The van der Waals surface area contributed by atoms with Crippen molar-refractivity contribution in [3.63, 3.8) is 0 Å². The number of halogens is 1. The molecule has 0 spiro atoms. The monoisotopic (exact) mass is 439 g/mol. The maximum atomic E-state index is 12.1. The molecule has 0 heterocycles. The Labute approximate surface area is 171 Å². The van der Waals surface area contributed by atoms with Crippen molar-refractivity contribution in [3.8, 4) is 0 Å². The van der Waals surface area contributed by atoms with E-state index in [4.69, 9.17) is 9.47 Å². The van der Waals surface area contributed by atoms with Crippen molar-refractivity contribution in [2.24, 2.45) is 0 Å². The number of ether oxygens (including phenoxy) is 2. The van der Waals surface area contributed by atoms with E-state index < -0.39 is 12.1 Å². The van der Waals surface area contributed by atoms with Crippen molar-refractivity contribution < 1.29 is 19.1 Å². The van der Waals surface area contributed by atoms with Gasteiger partial charge in [0.1, 0.15) is 12.3 Å². The van der Waals surface area contributed by atoms with Gasteiger partial charge in [-0.25, -0.2) is 9.59 Å². The molecule has 0 aliphatic rings. The minimum Gasteiger partial charge on any atom is -0.464 e. The van der Waals surface area contributed by atoms with Crippen molar-refractivity contribution >= 4 is 44.8 Å². The summed E-state index contributed by atoms with van der Waals surface area (Å²) in [4.78, 5) is 24.3. The number of amides is 1. The minimum absolute atomic E-state index is 0.0171. The number of fused-ring (bicyclic) bond motifs is 1. The summed E-state index contributed by atoms with van der Waals surface area (Å²) in [5.41, 5.74) is 1.55. The van der Waals surface area contributed by atoms with Crippen LogP contribution in [0, 0.1) is 0 Å². The highest BCUT2D eigenvalue weighted by Gasteiger charge is 2.16. The summed E-state index contributed by atoms with van der Waals surface area (Å²) in [6.45, 7) is 0.0980. The Kier molecular flexibility index (Phi) is 6.45. The van der Waals surface area contributed by atoms with Crippen LogP contribution in [0.2, 0.25) is 0 Å². The Morgan fingerprint density at radius 1 is 1.00 bits per heavy atom. The van der Waals surface area contributed by atoms with Crippen LogP contribution in [-0.4, -0.2) is 19.2 Å². The van der Waals surface area contributed by atoms with E-state index >= 15 is 0 Å². The van der Waals surface area contributed by atoms with Gasteiger partial charge in [0.15, 0.2) is 0 Å². The fraction of sp³-hybridized carbons (Fsp3) is 0.0909. The second-order valence-electron chi connectivity index (χ2n) is 5.93. The van der Waals surface area contributed by atoms with Crippen LogP contribution in [0.25, 0.3) is 16.8 Å². The zero-order valence-corrected chi connectivity index (χ0v) is 16.7. The lowest BCUT2D eigenvalue weighted by Crippen LogP contribution is -2.28. The van der Waals surface area contributed by atoms with Gasteiger partial charge in [0.05, 0.1) is 7.11 Å². The molecule has 1 amide bonds. The molecular weight excluding hydrogens is 422 g/mol. The van der Waals surface area contributed by atoms with Gasteiger partial charge in [-0.05, 0) is 43.9 Å². The number of esters is 1. The van der Waals surface area contributed by atoms with Crippen LogP contribution in [0.3, 0.4) is 0 Å². The summed E-state index contributed by atoms with van der Waals surface area (Å²) in [5.74, 6) is -0.670. The van der Waals surface area contributed by atoms with Gasteiger partial charge < -0.3 is 9.47 Å². The van der Waals surface area contributed by atoms with Crippen LogP contribution >= 0.6 is 15.9 Å². The highest BCUT2D eigenvalue weighted by molar-refractivity contribution is 9.10. The van der Waals surface area contributed by atoms with Gasteiger partial charge in [-0.2, -0.15) is 0 Å². The van der Waals surface area contributed by atoms with Gasteiger partial charge in [0.2, 0.25) is 0 Å². The molecule has 0 bridgehead atoms. The molecule has 0 saturated carbocycles. The van der Waals surface area contributed by atoms with E-state index in [9.17, 15) is 9.59 Å². The van der Waals surface area contributed by atoms with Gasteiger partial charge in [-0.15, -0.1) is 0 Å². The van der Waals surface area contributed by atoms with E-state index in [0.717, 1.165) is 26.4 Å². The molecule has 0 aliphatic heterocycles. The van der Waals surface area contributed by atoms with Gasteiger partial charge in [0, 0.05) is 4.47 Å². The fourth-order valence-electron chi connectivity index (χ4n) is 2.64. The van der Waals surface area contributed by atoms with Crippen LogP contribution in [0.4, 0.5) is 4.79 Å². The standard InChI is InChI=1S/C22H18BrNO4/c1-27-21(25)19(24-22(26)28-14-15-7-3-2-4-8-15)13-17-12-11-16-9-5-6-10-18(16)20(17)23/h2-13H,14H2,1H3,(H,24,26)/b19-13-. The lowest BCUT2D eigenvalue weighted by molar-refractivity contribution is -0.136. The summed E-state index contributed by atoms with van der Waals surface area (Å²) in [7, 11) is 1.25. The number of benzene rings is 3. The molecule has 1 N–H and O–H groups in total. The summed E-state index contributed by atoms with van der Waals surface area (Å²) in [6.07, 6.45) is 0.809. The molecule has 3 aromatic rings. The maximum Gasteiger partial charge on any atom is 0.412 e. The molecule has 0 unspecified atom stereocenters. The Balaban J connectivity index is 1.81. The molecule has 28 heavy (non-hydrogen) atoms. The Morgan fingerprint density at radius 2 is 1.71 bits per heavy atom. The molecule has 3 aromatic carbocycles. The van der Waals surface area contributed by atoms with Crippen LogP contribution in [0.5, 0.6) is 0 Å². The van der Waals surface area contributed by atoms with E-state index in [0.29, 0.717) is 0 Å². The first-order chi connectivity index (χ1) is 13.6. The van der Waals surface area contributed by atoms with E-state index in [1.165, 1.54) is 7.11 Å². The maximum absolute atomic E-state index is 12.1. The van der Waals surface area contributed by atoms with E-state index in [-0.39, 0.29) is 12.3 Å². The molecule has 0 aromatic heterocycles. The summed E-state index contributed by atoms with van der Waals surface area (Å²) >= 11 is 3.57. The quantitative estimate of drug-likeness (QED) is 0.446.